The molecule has 1 aromatic heterocycles. The van der Waals surface area contributed by atoms with E-state index in [0.29, 0.717) is 10.8 Å². The monoisotopic (exact) mass is 341 g/mol. The number of halogens is 2. The molecule has 0 radical (unpaired) electrons. The molecular weight excluding hydrogens is 329 g/mol. The normalized spacial score (nSPS) is 12.0. The summed E-state index contributed by atoms with van der Waals surface area (Å²) in [6, 6.07) is 5.15. The molecule has 0 spiro atoms. The number of benzene rings is 1. The van der Waals surface area contributed by atoms with Crippen molar-refractivity contribution in [2.24, 2.45) is 0 Å². The minimum Gasteiger partial charge on any atom is -0.383 e. The van der Waals surface area contributed by atoms with Crippen LogP contribution in [0.3, 0.4) is 0 Å². The number of hydrogen-bond acceptors (Lipinski definition) is 6. The maximum Gasteiger partial charge on any atom is 0.237 e. The van der Waals surface area contributed by atoms with Crippen LogP contribution in [0.4, 0.5) is 21.7 Å². The first kappa shape index (κ1) is 16.3. The summed E-state index contributed by atoms with van der Waals surface area (Å²) in [6.45, 7) is 1.67. The van der Waals surface area contributed by atoms with Crippen LogP contribution in [0, 0.1) is 5.82 Å². The van der Waals surface area contributed by atoms with Crippen molar-refractivity contribution in [1.29, 1.82) is 0 Å². The molecule has 0 saturated heterocycles. The van der Waals surface area contributed by atoms with E-state index in [2.05, 4.69) is 15.3 Å². The highest BCUT2D eigenvalue weighted by Gasteiger charge is 2.18. The highest BCUT2D eigenvalue weighted by atomic mass is 35.5. The van der Waals surface area contributed by atoms with Crippen LogP contribution < -0.4 is 16.8 Å². The zero-order chi connectivity index (χ0) is 16.3. The Hall–Kier alpha value is -2.06. The number of carbonyl (C=O) groups is 1. The molecule has 0 bridgehead atoms. The van der Waals surface area contributed by atoms with Gasteiger partial charge in [0.1, 0.15) is 17.5 Å². The number of rotatable bonds is 4. The molecule has 0 fully saturated rings. The van der Waals surface area contributed by atoms with Crippen molar-refractivity contribution in [1.82, 2.24) is 9.97 Å². The first-order valence-corrected chi connectivity index (χ1v) is 7.43. The Morgan fingerprint density at radius 1 is 1.32 bits per heavy atom. The van der Waals surface area contributed by atoms with Gasteiger partial charge in [-0.25, -0.2) is 14.4 Å². The fourth-order valence-corrected chi connectivity index (χ4v) is 2.56. The molecule has 9 heteroatoms. The average Bonchev–Trinajstić information content (AvgIpc) is 2.40. The molecule has 6 nitrogen and oxygen atoms in total. The van der Waals surface area contributed by atoms with Crippen molar-refractivity contribution in [3.05, 3.63) is 35.1 Å². The third-order valence-corrected chi connectivity index (χ3v) is 3.86. The summed E-state index contributed by atoms with van der Waals surface area (Å²) < 4.78 is 13.0. The third-order valence-electron chi connectivity index (χ3n) is 2.59. The number of nitrogen functional groups attached to an aromatic ring is 2. The molecule has 2 rings (SSSR count). The Labute approximate surface area is 135 Å². The lowest BCUT2D eigenvalue weighted by molar-refractivity contribution is -0.115. The van der Waals surface area contributed by atoms with E-state index in [0.717, 1.165) is 17.8 Å². The van der Waals surface area contributed by atoms with E-state index >= 15 is 0 Å². The second-order valence-corrected chi connectivity index (χ2v) is 6.09. The quantitative estimate of drug-likeness (QED) is 0.582. The highest BCUT2D eigenvalue weighted by Crippen LogP contribution is 2.26. The van der Waals surface area contributed by atoms with Crippen molar-refractivity contribution in [2.75, 3.05) is 16.8 Å². The lowest BCUT2D eigenvalue weighted by Gasteiger charge is -2.12. The van der Waals surface area contributed by atoms with Gasteiger partial charge in [-0.15, -0.1) is 0 Å². The summed E-state index contributed by atoms with van der Waals surface area (Å²) in [5.41, 5.74) is 11.5. The van der Waals surface area contributed by atoms with Crippen molar-refractivity contribution in [2.45, 2.75) is 17.3 Å². The van der Waals surface area contributed by atoms with Gasteiger partial charge in [0.05, 0.1) is 16.0 Å². The number of nitrogens with two attached hydrogens (primary N) is 2. The van der Waals surface area contributed by atoms with Crippen LogP contribution in [-0.4, -0.2) is 21.1 Å². The number of carbonyl (C=O) groups excluding carboxylic acids is 1. The number of nitrogens with one attached hydrogen (secondary N) is 1. The second-order valence-electron chi connectivity index (χ2n) is 4.37. The molecule has 0 aliphatic rings. The molecule has 2 aromatic rings. The molecule has 0 aliphatic carbocycles. The van der Waals surface area contributed by atoms with Crippen LogP contribution in [0.5, 0.6) is 0 Å². The molecule has 0 aliphatic heterocycles. The van der Waals surface area contributed by atoms with Gasteiger partial charge in [0.25, 0.3) is 0 Å². The van der Waals surface area contributed by atoms with Gasteiger partial charge in [-0.3, -0.25) is 4.79 Å². The zero-order valence-corrected chi connectivity index (χ0v) is 13.1. The molecule has 0 saturated carbocycles. The standard InChI is InChI=1S/C13H13ClFN5OS/c1-6(22-13-19-10(16)5-11(17)20-13)12(21)18-9-3-2-7(15)4-8(9)14/h2-6H,1H3,(H,18,21)(H4,16,17,19,20). The SMILES string of the molecule is CC(Sc1nc(N)cc(N)n1)C(=O)Nc1ccc(F)cc1Cl. The topological polar surface area (TPSA) is 107 Å². The molecular formula is C13H13ClFN5OS. The van der Waals surface area contributed by atoms with Crippen LogP contribution in [0.25, 0.3) is 0 Å². The predicted octanol–water partition coefficient (Wildman–Crippen LogP) is 2.55. The summed E-state index contributed by atoms with van der Waals surface area (Å²) in [4.78, 5) is 20.1. The zero-order valence-electron chi connectivity index (χ0n) is 11.5. The number of amides is 1. The molecule has 1 amide bonds. The smallest absolute Gasteiger partial charge is 0.237 e. The van der Waals surface area contributed by atoms with Crippen LogP contribution in [-0.2, 0) is 4.79 Å². The van der Waals surface area contributed by atoms with E-state index in [-0.39, 0.29) is 22.6 Å². The van der Waals surface area contributed by atoms with Crippen molar-refractivity contribution < 1.29 is 9.18 Å². The Balaban J connectivity index is 2.05. The molecule has 22 heavy (non-hydrogen) atoms. The Morgan fingerprint density at radius 2 is 1.95 bits per heavy atom. The van der Waals surface area contributed by atoms with E-state index in [1.54, 1.807) is 6.92 Å². The molecule has 1 unspecified atom stereocenters. The van der Waals surface area contributed by atoms with Crippen molar-refractivity contribution >= 4 is 46.6 Å². The maximum atomic E-state index is 13.0. The fourth-order valence-electron chi connectivity index (χ4n) is 1.55. The largest absolute Gasteiger partial charge is 0.383 e. The summed E-state index contributed by atoms with van der Waals surface area (Å²) in [6.07, 6.45) is 0. The molecule has 1 atom stereocenters. The first-order chi connectivity index (χ1) is 10.3. The molecule has 5 N–H and O–H groups in total. The summed E-state index contributed by atoms with van der Waals surface area (Å²) in [7, 11) is 0. The van der Waals surface area contributed by atoms with Gasteiger partial charge in [-0.2, -0.15) is 0 Å². The van der Waals surface area contributed by atoms with Gasteiger partial charge < -0.3 is 16.8 Å². The molecule has 1 aromatic carbocycles. The summed E-state index contributed by atoms with van der Waals surface area (Å²) in [5.74, 6) is -0.356. The summed E-state index contributed by atoms with van der Waals surface area (Å²) in [5, 5.41) is 2.50. The minimum absolute atomic E-state index is 0.120. The van der Waals surface area contributed by atoms with Crippen LogP contribution >= 0.6 is 23.4 Å². The Morgan fingerprint density at radius 3 is 2.55 bits per heavy atom. The van der Waals surface area contributed by atoms with E-state index < -0.39 is 11.1 Å². The minimum atomic E-state index is -0.526. The van der Waals surface area contributed by atoms with E-state index in [9.17, 15) is 9.18 Å². The van der Waals surface area contributed by atoms with Crippen molar-refractivity contribution in [3.63, 3.8) is 0 Å². The lowest BCUT2D eigenvalue weighted by atomic mass is 10.3. The number of hydrogen-bond donors (Lipinski definition) is 3. The van der Waals surface area contributed by atoms with Gasteiger partial charge in [0, 0.05) is 6.07 Å². The fraction of sp³-hybridized carbons (Fsp3) is 0.154. The second kappa shape index (κ2) is 6.80. The van der Waals surface area contributed by atoms with Gasteiger partial charge >= 0.3 is 0 Å². The van der Waals surface area contributed by atoms with Gasteiger partial charge in [-0.1, -0.05) is 23.4 Å². The summed E-state index contributed by atoms with van der Waals surface area (Å²) >= 11 is 6.96. The van der Waals surface area contributed by atoms with Crippen LogP contribution in [0.1, 0.15) is 6.92 Å². The third kappa shape index (κ3) is 4.22. The lowest BCUT2D eigenvalue weighted by Crippen LogP contribution is -2.23. The van der Waals surface area contributed by atoms with Crippen molar-refractivity contribution in [3.8, 4) is 0 Å². The first-order valence-electron chi connectivity index (χ1n) is 6.18. The van der Waals surface area contributed by atoms with E-state index in [4.69, 9.17) is 23.1 Å². The molecule has 116 valence electrons. The van der Waals surface area contributed by atoms with Crippen LogP contribution in [0.15, 0.2) is 29.4 Å². The number of nitrogens with zero attached hydrogens (tertiary/aromatic N) is 2. The number of thioether (sulfide) groups is 1. The highest BCUT2D eigenvalue weighted by molar-refractivity contribution is 8.00. The predicted molar refractivity (Wildman–Crippen MR) is 86.2 cm³/mol. The Bertz CT molecular complexity index is 695. The van der Waals surface area contributed by atoms with E-state index in [1.165, 1.54) is 18.2 Å². The number of anilines is 3. The van der Waals surface area contributed by atoms with Gasteiger partial charge in [-0.05, 0) is 25.1 Å². The van der Waals surface area contributed by atoms with Gasteiger partial charge in [0.15, 0.2) is 5.16 Å². The number of aromatic nitrogens is 2. The average molecular weight is 342 g/mol. The van der Waals surface area contributed by atoms with Crippen LogP contribution in [0.2, 0.25) is 5.02 Å². The Kier molecular flexibility index (Phi) is 5.04. The molecule has 1 heterocycles. The maximum absolute atomic E-state index is 13.0. The van der Waals surface area contributed by atoms with E-state index in [1.807, 2.05) is 0 Å². The van der Waals surface area contributed by atoms with Gasteiger partial charge in [0.2, 0.25) is 5.91 Å².